The van der Waals surface area contributed by atoms with Gasteiger partial charge in [-0.15, -0.1) is 0 Å². The van der Waals surface area contributed by atoms with Crippen LogP contribution in [0.25, 0.3) is 11.1 Å². The molecule has 0 bridgehead atoms. The minimum absolute atomic E-state index is 0.318. The summed E-state index contributed by atoms with van der Waals surface area (Å²) >= 11 is 0. The molecule has 1 aromatic heterocycles. The number of piperidine rings is 1. The van der Waals surface area contributed by atoms with Crippen molar-refractivity contribution in [2.75, 3.05) is 25.0 Å². The van der Waals surface area contributed by atoms with E-state index in [4.69, 9.17) is 0 Å². The molecule has 9 heteroatoms. The molecule has 0 atom stereocenters. The number of ether oxygens (including phenoxy) is 2. The minimum Gasteiger partial charge on any atom is -0.407 e. The molecule has 2 aliphatic heterocycles. The van der Waals surface area contributed by atoms with Crippen molar-refractivity contribution in [2.24, 2.45) is 0 Å². The second kappa shape index (κ2) is 8.44. The van der Waals surface area contributed by atoms with Crippen LogP contribution >= 0.6 is 0 Å². The van der Waals surface area contributed by atoms with Crippen molar-refractivity contribution in [1.29, 1.82) is 0 Å². The number of aromatic nitrogens is 2. The minimum atomic E-state index is -1.60. The van der Waals surface area contributed by atoms with E-state index in [0.717, 1.165) is 30.8 Å². The summed E-state index contributed by atoms with van der Waals surface area (Å²) in [5, 5.41) is 7.11. The fraction of sp³-hybridized carbons (Fsp3) is 0.400. The first-order chi connectivity index (χ1) is 14.1. The molecular formula is C20H22N4O5. The number of hydrogen-bond acceptors (Lipinski definition) is 7. The van der Waals surface area contributed by atoms with E-state index in [2.05, 4.69) is 24.8 Å². The van der Waals surface area contributed by atoms with Crippen molar-refractivity contribution in [3.05, 3.63) is 36.5 Å². The van der Waals surface area contributed by atoms with E-state index in [9.17, 15) is 14.4 Å². The molecule has 4 rings (SSSR count). The molecule has 29 heavy (non-hydrogen) atoms. The number of benzene rings is 1. The molecular weight excluding hydrogens is 376 g/mol. The average Bonchev–Trinajstić information content (AvgIpc) is 3.31. The standard InChI is InChI=1S/C20H22N4O5/c25-17(20-28-18(26)19(27)29-20)21-16-15(14-7-3-1-4-8-14)13-24(22-16)12-11-23-9-5-2-6-10-23/h1,3-4,7-8,13,20H,2,5-6,9-12H2,(H,21,22,25). The van der Waals surface area contributed by atoms with Gasteiger partial charge in [0.25, 0.3) is 0 Å². The maximum absolute atomic E-state index is 12.4. The van der Waals surface area contributed by atoms with Gasteiger partial charge in [-0.2, -0.15) is 5.10 Å². The van der Waals surface area contributed by atoms with Crippen molar-refractivity contribution in [3.63, 3.8) is 0 Å². The topological polar surface area (TPSA) is 103 Å². The first-order valence-electron chi connectivity index (χ1n) is 9.68. The molecule has 3 heterocycles. The molecule has 2 aromatic rings. The predicted octanol–water partition coefficient (Wildman–Crippen LogP) is 1.40. The second-order valence-electron chi connectivity index (χ2n) is 7.05. The first kappa shape index (κ1) is 19.1. The van der Waals surface area contributed by atoms with Gasteiger partial charge in [0.2, 0.25) is 0 Å². The van der Waals surface area contributed by atoms with Crippen LogP contribution in [0.5, 0.6) is 0 Å². The molecule has 0 aliphatic carbocycles. The predicted molar refractivity (Wildman–Crippen MR) is 103 cm³/mol. The molecule has 1 aromatic carbocycles. The number of carbonyl (C=O) groups excluding carboxylic acids is 3. The van der Waals surface area contributed by atoms with Crippen molar-refractivity contribution in [1.82, 2.24) is 14.7 Å². The van der Waals surface area contributed by atoms with E-state index in [1.165, 1.54) is 19.3 Å². The van der Waals surface area contributed by atoms with Gasteiger partial charge in [0.05, 0.1) is 6.54 Å². The van der Waals surface area contributed by atoms with E-state index in [0.29, 0.717) is 12.4 Å². The van der Waals surface area contributed by atoms with Crippen molar-refractivity contribution >= 4 is 23.7 Å². The molecule has 0 saturated carbocycles. The molecule has 1 amide bonds. The van der Waals surface area contributed by atoms with Crippen LogP contribution in [0.2, 0.25) is 0 Å². The molecule has 0 radical (unpaired) electrons. The third kappa shape index (κ3) is 4.45. The Morgan fingerprint density at radius 1 is 1.03 bits per heavy atom. The quantitative estimate of drug-likeness (QED) is 0.580. The third-order valence-electron chi connectivity index (χ3n) is 4.99. The third-order valence-corrected chi connectivity index (χ3v) is 4.99. The molecule has 0 unspecified atom stereocenters. The summed E-state index contributed by atoms with van der Waals surface area (Å²) < 4.78 is 11.0. The Hall–Kier alpha value is -3.20. The smallest absolute Gasteiger partial charge is 0.407 e. The fourth-order valence-corrected chi connectivity index (χ4v) is 3.48. The van der Waals surface area contributed by atoms with Gasteiger partial charge in [0.1, 0.15) is 0 Å². The van der Waals surface area contributed by atoms with Crippen LogP contribution < -0.4 is 5.32 Å². The largest absolute Gasteiger partial charge is 0.421 e. The number of anilines is 1. The van der Waals surface area contributed by atoms with E-state index in [1.54, 1.807) is 4.68 Å². The molecule has 2 fully saturated rings. The van der Waals surface area contributed by atoms with Gasteiger partial charge < -0.3 is 19.7 Å². The Kier molecular flexibility index (Phi) is 5.57. The van der Waals surface area contributed by atoms with Crippen LogP contribution in [-0.4, -0.2) is 58.5 Å². The van der Waals surface area contributed by atoms with Gasteiger partial charge in [0.15, 0.2) is 5.82 Å². The van der Waals surface area contributed by atoms with Gasteiger partial charge in [0, 0.05) is 18.3 Å². The van der Waals surface area contributed by atoms with Gasteiger partial charge >= 0.3 is 24.1 Å². The summed E-state index contributed by atoms with van der Waals surface area (Å²) in [6.45, 7) is 3.74. The van der Waals surface area contributed by atoms with E-state index >= 15 is 0 Å². The van der Waals surface area contributed by atoms with Crippen molar-refractivity contribution in [2.45, 2.75) is 32.1 Å². The van der Waals surface area contributed by atoms with Gasteiger partial charge in [-0.25, -0.2) is 9.59 Å². The zero-order valence-corrected chi connectivity index (χ0v) is 15.9. The van der Waals surface area contributed by atoms with E-state index < -0.39 is 24.1 Å². The summed E-state index contributed by atoms with van der Waals surface area (Å²) in [6.07, 6.45) is 3.99. The summed E-state index contributed by atoms with van der Waals surface area (Å²) in [5.41, 5.74) is 1.61. The highest BCUT2D eigenvalue weighted by Gasteiger charge is 2.39. The Labute approximate surface area is 167 Å². The lowest BCUT2D eigenvalue weighted by molar-refractivity contribution is -0.153. The van der Waals surface area contributed by atoms with Gasteiger partial charge in [-0.05, 0) is 31.5 Å². The van der Waals surface area contributed by atoms with Crippen LogP contribution in [0.15, 0.2) is 36.5 Å². The molecule has 1 N–H and O–H groups in total. The normalized spacial score (nSPS) is 17.8. The van der Waals surface area contributed by atoms with Crippen LogP contribution in [0.3, 0.4) is 0 Å². The number of esters is 2. The first-order valence-corrected chi connectivity index (χ1v) is 9.68. The van der Waals surface area contributed by atoms with Gasteiger partial charge in [-0.3, -0.25) is 9.48 Å². The number of cyclic esters (lactones) is 2. The highest BCUT2D eigenvalue weighted by molar-refractivity contribution is 6.32. The second-order valence-corrected chi connectivity index (χ2v) is 7.05. The molecule has 0 spiro atoms. The van der Waals surface area contributed by atoms with E-state index in [-0.39, 0.29) is 0 Å². The monoisotopic (exact) mass is 398 g/mol. The lowest BCUT2D eigenvalue weighted by Crippen LogP contribution is -2.32. The molecule has 9 nitrogen and oxygen atoms in total. The Balaban J connectivity index is 1.51. The van der Waals surface area contributed by atoms with Crippen molar-refractivity contribution in [3.8, 4) is 11.1 Å². The Morgan fingerprint density at radius 2 is 1.72 bits per heavy atom. The van der Waals surface area contributed by atoms with Crippen LogP contribution in [0.1, 0.15) is 19.3 Å². The summed E-state index contributed by atoms with van der Waals surface area (Å²) in [5.74, 6) is -2.80. The molecule has 152 valence electrons. The highest BCUT2D eigenvalue weighted by Crippen LogP contribution is 2.27. The summed E-state index contributed by atoms with van der Waals surface area (Å²) in [4.78, 5) is 37.1. The molecule has 2 saturated heterocycles. The zero-order chi connectivity index (χ0) is 20.2. The summed E-state index contributed by atoms with van der Waals surface area (Å²) in [7, 11) is 0. The fourth-order valence-electron chi connectivity index (χ4n) is 3.48. The number of nitrogens with zero attached hydrogens (tertiary/aromatic N) is 3. The number of rotatable bonds is 6. The van der Waals surface area contributed by atoms with Crippen LogP contribution in [0, 0.1) is 0 Å². The number of amides is 1. The SMILES string of the molecule is O=C1OC(C(=O)Nc2nn(CCN3CCCCC3)cc2-c2ccccc2)OC1=O. The Morgan fingerprint density at radius 3 is 2.41 bits per heavy atom. The lowest BCUT2D eigenvalue weighted by Gasteiger charge is -2.26. The van der Waals surface area contributed by atoms with E-state index in [1.807, 2.05) is 36.5 Å². The van der Waals surface area contributed by atoms with Crippen LogP contribution in [0.4, 0.5) is 5.82 Å². The number of likely N-dealkylation sites (tertiary alicyclic amines) is 1. The lowest BCUT2D eigenvalue weighted by atomic mass is 10.1. The number of carbonyl (C=O) groups is 3. The Bertz CT molecular complexity index is 889. The number of nitrogens with one attached hydrogen (secondary N) is 1. The summed E-state index contributed by atoms with van der Waals surface area (Å²) in [6, 6.07) is 9.52. The maximum atomic E-state index is 12.4. The van der Waals surface area contributed by atoms with Crippen LogP contribution in [-0.2, 0) is 30.4 Å². The number of hydrogen-bond donors (Lipinski definition) is 1. The molecule has 2 aliphatic rings. The average molecular weight is 398 g/mol. The maximum Gasteiger partial charge on any atom is 0.421 e. The highest BCUT2D eigenvalue weighted by atomic mass is 16.8. The van der Waals surface area contributed by atoms with Crippen molar-refractivity contribution < 1.29 is 23.9 Å². The zero-order valence-electron chi connectivity index (χ0n) is 15.9. The van der Waals surface area contributed by atoms with Gasteiger partial charge in [-0.1, -0.05) is 36.8 Å².